The Bertz CT molecular complexity index is 685. The van der Waals surface area contributed by atoms with Crippen molar-refractivity contribution in [3.05, 3.63) is 42.5 Å². The average Bonchev–Trinajstić information content (AvgIpc) is 2.51. The predicted octanol–water partition coefficient (Wildman–Crippen LogP) is 0.931. The van der Waals surface area contributed by atoms with Gasteiger partial charge in [-0.2, -0.15) is 0 Å². The number of methoxy groups -OCH3 is 1. The molecular weight excluding hydrogens is 320 g/mol. The second kappa shape index (κ2) is 8.33. The molecule has 8 heteroatoms. The monoisotopic (exact) mass is 340 g/mol. The lowest BCUT2D eigenvalue weighted by Crippen LogP contribution is -2.34. The van der Waals surface area contributed by atoms with Crippen molar-refractivity contribution in [3.63, 3.8) is 0 Å². The highest BCUT2D eigenvalue weighted by molar-refractivity contribution is 7.92. The minimum Gasteiger partial charge on any atom is -0.465 e. The van der Waals surface area contributed by atoms with Gasteiger partial charge < -0.3 is 10.1 Å². The van der Waals surface area contributed by atoms with E-state index in [4.69, 9.17) is 0 Å². The number of benzene rings is 1. The third kappa shape index (κ3) is 5.74. The number of carbonyl (C=O) groups is 2. The Labute approximate surface area is 136 Å². The summed E-state index contributed by atoms with van der Waals surface area (Å²) in [5.41, 5.74) is 0.529. The van der Waals surface area contributed by atoms with Gasteiger partial charge in [-0.05, 0) is 18.2 Å². The molecule has 126 valence electrons. The number of nitrogens with one attached hydrogen (secondary N) is 1. The lowest BCUT2D eigenvalue weighted by molar-refractivity contribution is -0.120. The van der Waals surface area contributed by atoms with Gasteiger partial charge in [0.1, 0.15) is 0 Å². The molecule has 0 saturated carbocycles. The Morgan fingerprint density at radius 1 is 1.39 bits per heavy atom. The molecule has 0 fully saturated rings. The number of nitrogens with zero attached hydrogens (tertiary/aromatic N) is 1. The van der Waals surface area contributed by atoms with Gasteiger partial charge in [0.15, 0.2) is 0 Å². The van der Waals surface area contributed by atoms with Crippen LogP contribution in [0.5, 0.6) is 0 Å². The minimum atomic E-state index is -3.60. The molecule has 1 N–H and O–H groups in total. The molecule has 0 radical (unpaired) electrons. The molecular formula is C15H20N2O5S. The topological polar surface area (TPSA) is 92.8 Å². The zero-order valence-electron chi connectivity index (χ0n) is 13.1. The maximum absolute atomic E-state index is 12.0. The second-order valence-electron chi connectivity index (χ2n) is 4.72. The average molecular weight is 340 g/mol. The fourth-order valence-corrected chi connectivity index (χ4v) is 2.79. The minimum absolute atomic E-state index is 0.0106. The van der Waals surface area contributed by atoms with Gasteiger partial charge in [0.25, 0.3) is 0 Å². The van der Waals surface area contributed by atoms with Gasteiger partial charge in [0.2, 0.25) is 15.9 Å². The molecule has 0 aromatic heterocycles. The zero-order chi connectivity index (χ0) is 17.5. The van der Waals surface area contributed by atoms with Crippen molar-refractivity contribution in [2.75, 3.05) is 30.8 Å². The van der Waals surface area contributed by atoms with Crippen molar-refractivity contribution >= 4 is 27.6 Å². The molecule has 0 spiro atoms. The summed E-state index contributed by atoms with van der Waals surface area (Å²) < 4.78 is 29.6. The van der Waals surface area contributed by atoms with Crippen LogP contribution in [-0.4, -0.2) is 46.7 Å². The normalized spacial score (nSPS) is 10.7. The van der Waals surface area contributed by atoms with E-state index in [0.717, 1.165) is 10.6 Å². The molecule has 0 unspecified atom stereocenters. The van der Waals surface area contributed by atoms with E-state index in [1.807, 2.05) is 0 Å². The molecule has 1 aromatic carbocycles. The van der Waals surface area contributed by atoms with Gasteiger partial charge in [0.05, 0.1) is 24.6 Å². The summed E-state index contributed by atoms with van der Waals surface area (Å²) in [6.45, 7) is 3.76. The molecule has 1 amide bonds. The van der Waals surface area contributed by atoms with Crippen LogP contribution in [0.25, 0.3) is 0 Å². The van der Waals surface area contributed by atoms with Crippen LogP contribution >= 0.6 is 0 Å². The van der Waals surface area contributed by atoms with Gasteiger partial charge in [-0.25, -0.2) is 13.2 Å². The number of anilines is 1. The summed E-state index contributed by atoms with van der Waals surface area (Å²) in [5.74, 6) is -0.855. The van der Waals surface area contributed by atoms with Crippen LogP contribution in [0.3, 0.4) is 0 Å². The fraction of sp³-hybridized carbons (Fsp3) is 0.333. The first kappa shape index (κ1) is 18.7. The Kier molecular flexibility index (Phi) is 6.77. The molecule has 0 aliphatic carbocycles. The second-order valence-corrected chi connectivity index (χ2v) is 6.63. The van der Waals surface area contributed by atoms with E-state index in [1.165, 1.54) is 25.3 Å². The summed E-state index contributed by atoms with van der Waals surface area (Å²) >= 11 is 0. The largest absolute Gasteiger partial charge is 0.465 e. The molecule has 0 aliphatic rings. The van der Waals surface area contributed by atoms with Crippen LogP contribution in [0, 0.1) is 0 Å². The Hall–Kier alpha value is -2.35. The number of hydrogen-bond donors (Lipinski definition) is 1. The van der Waals surface area contributed by atoms with E-state index >= 15 is 0 Å². The molecule has 0 saturated heterocycles. The van der Waals surface area contributed by atoms with Crippen molar-refractivity contribution in [3.8, 4) is 0 Å². The third-order valence-electron chi connectivity index (χ3n) is 2.94. The smallest absolute Gasteiger partial charge is 0.337 e. The first-order chi connectivity index (χ1) is 10.8. The Balaban J connectivity index is 2.97. The molecule has 23 heavy (non-hydrogen) atoms. The number of amides is 1. The molecule has 1 aromatic rings. The van der Waals surface area contributed by atoms with Gasteiger partial charge in [0, 0.05) is 19.5 Å². The van der Waals surface area contributed by atoms with E-state index in [-0.39, 0.29) is 24.4 Å². The highest BCUT2D eigenvalue weighted by Crippen LogP contribution is 2.20. The lowest BCUT2D eigenvalue weighted by atomic mass is 10.2. The van der Waals surface area contributed by atoms with Crippen molar-refractivity contribution in [2.45, 2.75) is 6.42 Å². The maximum atomic E-state index is 12.0. The van der Waals surface area contributed by atoms with Crippen LogP contribution in [0.15, 0.2) is 36.9 Å². The standard InChI is InChI=1S/C15H20N2O5S/c1-4-9-16-14(18)8-10-17(23(3,20)21)13-7-5-6-12(11-13)15(19)22-2/h4-7,11H,1,8-10H2,2-3H3,(H,16,18). The van der Waals surface area contributed by atoms with E-state index < -0.39 is 16.0 Å². The van der Waals surface area contributed by atoms with Crippen LogP contribution in [0.1, 0.15) is 16.8 Å². The predicted molar refractivity (Wildman–Crippen MR) is 87.8 cm³/mol. The molecule has 0 heterocycles. The number of hydrogen-bond acceptors (Lipinski definition) is 5. The van der Waals surface area contributed by atoms with E-state index in [1.54, 1.807) is 12.1 Å². The quantitative estimate of drug-likeness (QED) is 0.561. The first-order valence-corrected chi connectivity index (χ1v) is 8.68. The van der Waals surface area contributed by atoms with Crippen LogP contribution in [0.2, 0.25) is 0 Å². The maximum Gasteiger partial charge on any atom is 0.337 e. The number of esters is 1. The van der Waals surface area contributed by atoms with Crippen molar-refractivity contribution in [1.82, 2.24) is 5.32 Å². The fourth-order valence-electron chi connectivity index (χ4n) is 1.87. The highest BCUT2D eigenvalue weighted by atomic mass is 32.2. The van der Waals surface area contributed by atoms with E-state index in [9.17, 15) is 18.0 Å². The molecule has 0 aliphatic heterocycles. The first-order valence-electron chi connectivity index (χ1n) is 6.83. The van der Waals surface area contributed by atoms with Crippen LogP contribution in [-0.2, 0) is 19.6 Å². The van der Waals surface area contributed by atoms with E-state index in [0.29, 0.717) is 12.2 Å². The number of ether oxygens (including phenoxy) is 1. The SMILES string of the molecule is C=CCNC(=O)CCN(c1cccc(C(=O)OC)c1)S(C)(=O)=O. The van der Waals surface area contributed by atoms with Gasteiger partial charge in [-0.1, -0.05) is 12.1 Å². The Morgan fingerprint density at radius 2 is 2.09 bits per heavy atom. The molecule has 0 atom stereocenters. The van der Waals surface area contributed by atoms with Crippen LogP contribution < -0.4 is 9.62 Å². The van der Waals surface area contributed by atoms with Crippen molar-refractivity contribution < 1.29 is 22.7 Å². The lowest BCUT2D eigenvalue weighted by Gasteiger charge is -2.22. The summed E-state index contributed by atoms with van der Waals surface area (Å²) in [5, 5.41) is 2.58. The highest BCUT2D eigenvalue weighted by Gasteiger charge is 2.19. The van der Waals surface area contributed by atoms with E-state index in [2.05, 4.69) is 16.6 Å². The van der Waals surface area contributed by atoms with Gasteiger partial charge in [-0.3, -0.25) is 9.10 Å². The summed E-state index contributed by atoms with van der Waals surface area (Å²) in [6, 6.07) is 6.04. The molecule has 1 rings (SSSR count). The van der Waals surface area contributed by atoms with Crippen LogP contribution in [0.4, 0.5) is 5.69 Å². The van der Waals surface area contributed by atoms with Crippen molar-refractivity contribution in [1.29, 1.82) is 0 Å². The summed E-state index contributed by atoms with van der Waals surface area (Å²) in [4.78, 5) is 23.2. The summed E-state index contributed by atoms with van der Waals surface area (Å²) in [7, 11) is -2.36. The third-order valence-corrected chi connectivity index (χ3v) is 4.14. The number of carbonyl (C=O) groups excluding carboxylic acids is 2. The Morgan fingerprint density at radius 3 is 2.65 bits per heavy atom. The number of rotatable bonds is 8. The van der Waals surface area contributed by atoms with Gasteiger partial charge in [-0.15, -0.1) is 6.58 Å². The summed E-state index contributed by atoms with van der Waals surface area (Å²) in [6.07, 6.45) is 2.56. The van der Waals surface area contributed by atoms with Crippen molar-refractivity contribution in [2.24, 2.45) is 0 Å². The molecule has 7 nitrogen and oxygen atoms in total. The number of sulfonamides is 1. The van der Waals surface area contributed by atoms with Gasteiger partial charge >= 0.3 is 5.97 Å². The zero-order valence-corrected chi connectivity index (χ0v) is 13.9. The molecule has 0 bridgehead atoms.